The number of benzene rings is 1. The van der Waals surface area contributed by atoms with E-state index >= 15 is 0 Å². The Morgan fingerprint density at radius 2 is 2.00 bits per heavy atom. The molecular weight excluding hydrogens is 344 g/mol. The van der Waals surface area contributed by atoms with Gasteiger partial charge < -0.3 is 5.32 Å². The van der Waals surface area contributed by atoms with Crippen LogP contribution in [0.5, 0.6) is 0 Å². The summed E-state index contributed by atoms with van der Waals surface area (Å²) in [5.74, 6) is -0.473. The molecule has 0 bridgehead atoms. The first-order valence-electron chi connectivity index (χ1n) is 7.89. The van der Waals surface area contributed by atoms with E-state index in [-0.39, 0.29) is 30.0 Å². The highest BCUT2D eigenvalue weighted by atomic mass is 32.2. The molecule has 7 heteroatoms. The monoisotopic (exact) mass is 366 g/mol. The quantitative estimate of drug-likeness (QED) is 0.617. The Bertz CT molecular complexity index is 723. The molecule has 0 saturated heterocycles. The van der Waals surface area contributed by atoms with Crippen molar-refractivity contribution in [3.8, 4) is 6.07 Å². The first-order chi connectivity index (χ1) is 11.4. The van der Waals surface area contributed by atoms with Crippen LogP contribution in [0, 0.1) is 29.1 Å². The number of carbonyl (C=O) groups is 1. The second kappa shape index (κ2) is 8.04. The first kappa shape index (κ1) is 18.8. The van der Waals surface area contributed by atoms with Gasteiger partial charge in [-0.1, -0.05) is 6.92 Å². The first-order valence-corrected chi connectivity index (χ1v) is 10.8. The van der Waals surface area contributed by atoms with Crippen molar-refractivity contribution in [2.75, 3.05) is 18.6 Å². The zero-order valence-corrected chi connectivity index (χ0v) is 15.5. The minimum atomic E-state index is -3.43. The third-order valence-corrected chi connectivity index (χ3v) is 7.06. The highest BCUT2D eigenvalue weighted by molar-refractivity contribution is 7.98. The van der Waals surface area contributed by atoms with E-state index in [9.17, 15) is 13.2 Å². The Balaban J connectivity index is 2.14. The molecule has 3 unspecified atom stereocenters. The van der Waals surface area contributed by atoms with E-state index in [4.69, 9.17) is 5.26 Å². The zero-order valence-electron chi connectivity index (χ0n) is 13.9. The van der Waals surface area contributed by atoms with Gasteiger partial charge in [-0.15, -0.1) is 11.8 Å². The molecule has 1 saturated carbocycles. The molecule has 130 valence electrons. The molecule has 0 heterocycles. The third-order valence-electron chi connectivity index (χ3n) is 4.46. The summed E-state index contributed by atoms with van der Waals surface area (Å²) in [6, 6.07) is 8.73. The number of hydrogen-bond donors (Lipinski definition) is 1. The molecule has 1 N–H and O–H groups in total. The topological polar surface area (TPSA) is 87.0 Å². The predicted octanol–water partition coefficient (Wildman–Crippen LogP) is 2.48. The minimum absolute atomic E-state index is 0.0272. The molecule has 0 spiro atoms. The van der Waals surface area contributed by atoms with Crippen molar-refractivity contribution in [2.45, 2.75) is 29.6 Å². The predicted molar refractivity (Wildman–Crippen MR) is 94.3 cm³/mol. The van der Waals surface area contributed by atoms with Gasteiger partial charge in [-0.3, -0.25) is 4.79 Å². The third kappa shape index (κ3) is 4.52. The summed E-state index contributed by atoms with van der Waals surface area (Å²) in [5, 5.41) is 11.2. The Kier molecular flexibility index (Phi) is 6.30. The number of sulfone groups is 1. The van der Waals surface area contributed by atoms with E-state index in [2.05, 4.69) is 5.32 Å². The summed E-state index contributed by atoms with van der Waals surface area (Å²) in [6.07, 6.45) is 3.32. The molecule has 0 aliphatic heterocycles. The molecule has 0 radical (unpaired) electrons. The van der Waals surface area contributed by atoms with Crippen molar-refractivity contribution >= 4 is 27.5 Å². The molecule has 1 aliphatic carbocycles. The van der Waals surface area contributed by atoms with E-state index < -0.39 is 9.84 Å². The number of nitrogens with one attached hydrogen (secondary N) is 1. The Hall–Kier alpha value is -1.52. The van der Waals surface area contributed by atoms with Crippen LogP contribution in [-0.2, 0) is 14.6 Å². The fourth-order valence-electron chi connectivity index (χ4n) is 3.33. The zero-order chi connectivity index (χ0) is 17.7. The van der Waals surface area contributed by atoms with Crippen LogP contribution in [0.2, 0.25) is 0 Å². The lowest BCUT2D eigenvalue weighted by Crippen LogP contribution is -2.35. The molecule has 2 rings (SSSR count). The lowest BCUT2D eigenvalue weighted by atomic mass is 9.97. The summed E-state index contributed by atoms with van der Waals surface area (Å²) >= 11 is 1.56. The van der Waals surface area contributed by atoms with Crippen molar-refractivity contribution in [1.29, 1.82) is 5.26 Å². The maximum atomic E-state index is 12.7. The van der Waals surface area contributed by atoms with Crippen molar-refractivity contribution < 1.29 is 13.2 Å². The van der Waals surface area contributed by atoms with Crippen LogP contribution in [0.15, 0.2) is 34.1 Å². The average Bonchev–Trinajstić information content (AvgIpc) is 2.92. The molecule has 1 amide bonds. The van der Waals surface area contributed by atoms with Crippen LogP contribution in [-0.4, -0.2) is 32.9 Å². The maximum Gasteiger partial charge on any atom is 0.224 e. The number of nitrogens with zero attached hydrogens (tertiary/aromatic N) is 1. The fraction of sp³-hybridized carbons (Fsp3) is 0.529. The average molecular weight is 367 g/mol. The second-order valence-corrected chi connectivity index (χ2v) is 9.19. The number of thioether (sulfide) groups is 1. The molecule has 0 aromatic heterocycles. The molecule has 24 heavy (non-hydrogen) atoms. The standard InChI is InChI=1S/C17H22N2O3S2/c1-12-9-13(16(10-12)17(20)19-8-7-18)11-24(21,22)15-5-3-14(23-2)4-6-15/h3-6,12-13,16H,8-11H2,1-2H3,(H,19,20). The van der Waals surface area contributed by atoms with Gasteiger partial charge in [-0.25, -0.2) is 8.42 Å². The van der Waals surface area contributed by atoms with E-state index in [1.807, 2.05) is 19.2 Å². The highest BCUT2D eigenvalue weighted by Gasteiger charge is 2.39. The van der Waals surface area contributed by atoms with Gasteiger partial charge in [0.25, 0.3) is 0 Å². The number of nitriles is 1. The fourth-order valence-corrected chi connectivity index (χ4v) is 5.41. The summed E-state index contributed by atoms with van der Waals surface area (Å²) < 4.78 is 25.4. The van der Waals surface area contributed by atoms with Gasteiger partial charge in [0, 0.05) is 10.8 Å². The van der Waals surface area contributed by atoms with Crippen molar-refractivity contribution in [1.82, 2.24) is 5.32 Å². The molecule has 1 aromatic rings. The van der Waals surface area contributed by atoms with Crippen LogP contribution in [0.3, 0.4) is 0 Å². The number of carbonyl (C=O) groups excluding carboxylic acids is 1. The lowest BCUT2D eigenvalue weighted by molar-refractivity contribution is -0.125. The molecular formula is C17H22N2O3S2. The van der Waals surface area contributed by atoms with Crippen LogP contribution in [0.25, 0.3) is 0 Å². The largest absolute Gasteiger partial charge is 0.343 e. The normalized spacial score (nSPS) is 23.6. The SMILES string of the molecule is CSc1ccc(S(=O)(=O)CC2CC(C)CC2C(=O)NCC#N)cc1. The second-order valence-electron chi connectivity index (χ2n) is 6.28. The Labute approximate surface area is 147 Å². The van der Waals surface area contributed by atoms with Crippen LogP contribution in [0.1, 0.15) is 19.8 Å². The van der Waals surface area contributed by atoms with E-state index in [1.54, 1.807) is 36.0 Å². The molecule has 1 aromatic carbocycles. The Morgan fingerprint density at radius 1 is 1.33 bits per heavy atom. The number of amides is 1. The van der Waals surface area contributed by atoms with Gasteiger partial charge in [0.15, 0.2) is 9.84 Å². The van der Waals surface area contributed by atoms with Crippen LogP contribution < -0.4 is 5.32 Å². The highest BCUT2D eigenvalue weighted by Crippen LogP contribution is 2.38. The van der Waals surface area contributed by atoms with Gasteiger partial charge in [0.1, 0.15) is 6.54 Å². The molecule has 1 fully saturated rings. The smallest absolute Gasteiger partial charge is 0.224 e. The summed E-state index contributed by atoms with van der Waals surface area (Å²) in [7, 11) is -3.43. The minimum Gasteiger partial charge on any atom is -0.343 e. The Morgan fingerprint density at radius 3 is 2.58 bits per heavy atom. The van der Waals surface area contributed by atoms with Gasteiger partial charge in [-0.05, 0) is 55.2 Å². The van der Waals surface area contributed by atoms with E-state index in [1.165, 1.54) is 0 Å². The van der Waals surface area contributed by atoms with Gasteiger partial charge >= 0.3 is 0 Å². The molecule has 1 aliphatic rings. The number of rotatable bonds is 6. The van der Waals surface area contributed by atoms with Gasteiger partial charge in [-0.2, -0.15) is 5.26 Å². The van der Waals surface area contributed by atoms with Crippen LogP contribution >= 0.6 is 11.8 Å². The van der Waals surface area contributed by atoms with Gasteiger partial charge in [0.05, 0.1) is 16.7 Å². The van der Waals surface area contributed by atoms with Crippen molar-refractivity contribution in [3.63, 3.8) is 0 Å². The molecule has 5 nitrogen and oxygen atoms in total. The summed E-state index contributed by atoms with van der Waals surface area (Å²) in [4.78, 5) is 13.5. The van der Waals surface area contributed by atoms with E-state index in [0.29, 0.717) is 23.7 Å². The lowest BCUT2D eigenvalue weighted by Gasteiger charge is -2.18. The number of hydrogen-bond acceptors (Lipinski definition) is 5. The summed E-state index contributed by atoms with van der Waals surface area (Å²) in [6.45, 7) is 1.99. The van der Waals surface area contributed by atoms with E-state index in [0.717, 1.165) is 4.90 Å². The van der Waals surface area contributed by atoms with Crippen molar-refractivity contribution in [3.05, 3.63) is 24.3 Å². The summed E-state index contributed by atoms with van der Waals surface area (Å²) in [5.41, 5.74) is 0. The van der Waals surface area contributed by atoms with Crippen molar-refractivity contribution in [2.24, 2.45) is 17.8 Å². The van der Waals surface area contributed by atoms with Crippen LogP contribution in [0.4, 0.5) is 0 Å². The molecule has 3 atom stereocenters. The maximum absolute atomic E-state index is 12.7. The van der Waals surface area contributed by atoms with Gasteiger partial charge in [0.2, 0.25) is 5.91 Å².